The predicted octanol–water partition coefficient (Wildman–Crippen LogP) is 2.28. The Morgan fingerprint density at radius 1 is 1.60 bits per heavy atom. The van der Waals surface area contributed by atoms with Gasteiger partial charge < -0.3 is 11.1 Å². The third-order valence-electron chi connectivity index (χ3n) is 2.89. The summed E-state index contributed by atoms with van der Waals surface area (Å²) in [5.74, 6) is -0.0487. The molecule has 0 aromatic carbocycles. The Labute approximate surface area is 96.4 Å². The van der Waals surface area contributed by atoms with E-state index < -0.39 is 0 Å². The molecule has 1 fully saturated rings. The van der Waals surface area contributed by atoms with E-state index in [1.807, 2.05) is 0 Å². The molecule has 2 rings (SSSR count). The SMILES string of the molecule is NCC1(Nc2ncc(Br)cc2F)CCC1. The minimum atomic E-state index is -0.343. The normalized spacial score (nSPS) is 18.3. The minimum Gasteiger partial charge on any atom is -0.361 e. The molecule has 1 aromatic heterocycles. The van der Waals surface area contributed by atoms with Crippen LogP contribution in [0.4, 0.5) is 10.2 Å². The number of nitrogens with zero attached hydrogens (tertiary/aromatic N) is 1. The second-order valence-electron chi connectivity index (χ2n) is 3.95. The van der Waals surface area contributed by atoms with Gasteiger partial charge in [0.25, 0.3) is 0 Å². The summed E-state index contributed by atoms with van der Waals surface area (Å²) in [5, 5.41) is 3.11. The van der Waals surface area contributed by atoms with Gasteiger partial charge in [0.15, 0.2) is 11.6 Å². The molecule has 0 radical (unpaired) electrons. The Kier molecular flexibility index (Phi) is 2.93. The van der Waals surface area contributed by atoms with Crippen molar-refractivity contribution in [3.8, 4) is 0 Å². The molecule has 1 saturated carbocycles. The third-order valence-corrected chi connectivity index (χ3v) is 3.33. The standard InChI is InChI=1S/C10H13BrFN3/c11-7-4-8(12)9(14-5-7)15-10(6-13)2-1-3-10/h4-5H,1-3,6,13H2,(H,14,15). The highest BCUT2D eigenvalue weighted by molar-refractivity contribution is 9.10. The van der Waals surface area contributed by atoms with Crippen molar-refractivity contribution in [3.05, 3.63) is 22.6 Å². The van der Waals surface area contributed by atoms with E-state index in [9.17, 15) is 4.39 Å². The van der Waals surface area contributed by atoms with E-state index >= 15 is 0 Å². The number of nitrogens with two attached hydrogens (primary N) is 1. The molecule has 15 heavy (non-hydrogen) atoms. The number of rotatable bonds is 3. The van der Waals surface area contributed by atoms with Gasteiger partial charge in [-0.05, 0) is 41.3 Å². The van der Waals surface area contributed by atoms with Gasteiger partial charge in [0.1, 0.15) is 0 Å². The number of nitrogens with one attached hydrogen (secondary N) is 1. The molecule has 0 amide bonds. The first-order chi connectivity index (χ1) is 7.15. The Morgan fingerprint density at radius 3 is 2.80 bits per heavy atom. The molecule has 0 bridgehead atoms. The van der Waals surface area contributed by atoms with Gasteiger partial charge in [0, 0.05) is 17.2 Å². The summed E-state index contributed by atoms with van der Waals surface area (Å²) in [7, 11) is 0. The lowest BCUT2D eigenvalue weighted by molar-refractivity contribution is 0.285. The summed E-state index contributed by atoms with van der Waals surface area (Å²) < 4.78 is 14.1. The van der Waals surface area contributed by atoms with Crippen LogP contribution in [-0.4, -0.2) is 17.1 Å². The van der Waals surface area contributed by atoms with Crippen LogP contribution in [0.3, 0.4) is 0 Å². The van der Waals surface area contributed by atoms with Crippen LogP contribution in [-0.2, 0) is 0 Å². The summed E-state index contributed by atoms with van der Waals surface area (Å²) >= 11 is 3.17. The molecule has 82 valence electrons. The maximum Gasteiger partial charge on any atom is 0.166 e. The quantitative estimate of drug-likeness (QED) is 0.889. The first-order valence-electron chi connectivity index (χ1n) is 4.94. The third kappa shape index (κ3) is 2.13. The van der Waals surface area contributed by atoms with Crippen LogP contribution in [0, 0.1) is 5.82 Å². The van der Waals surface area contributed by atoms with Gasteiger partial charge in [0.2, 0.25) is 0 Å². The van der Waals surface area contributed by atoms with Crippen molar-refractivity contribution in [2.45, 2.75) is 24.8 Å². The molecular formula is C10H13BrFN3. The van der Waals surface area contributed by atoms with Gasteiger partial charge in [0.05, 0.1) is 5.54 Å². The second-order valence-corrected chi connectivity index (χ2v) is 4.86. The van der Waals surface area contributed by atoms with Crippen LogP contribution in [0.25, 0.3) is 0 Å². The lowest BCUT2D eigenvalue weighted by atomic mass is 9.77. The number of halogens is 2. The number of pyridine rings is 1. The molecule has 1 aliphatic carbocycles. The van der Waals surface area contributed by atoms with E-state index in [0.717, 1.165) is 19.3 Å². The van der Waals surface area contributed by atoms with E-state index in [1.165, 1.54) is 6.07 Å². The lowest BCUT2D eigenvalue weighted by Gasteiger charge is -2.42. The molecular weight excluding hydrogens is 261 g/mol. The van der Waals surface area contributed by atoms with Gasteiger partial charge >= 0.3 is 0 Å². The summed E-state index contributed by atoms with van der Waals surface area (Å²) in [4.78, 5) is 4.00. The van der Waals surface area contributed by atoms with Crippen molar-refractivity contribution >= 4 is 21.7 Å². The fourth-order valence-corrected chi connectivity index (χ4v) is 2.04. The Morgan fingerprint density at radius 2 is 2.33 bits per heavy atom. The Balaban J connectivity index is 2.16. The second kappa shape index (κ2) is 4.06. The fraction of sp³-hybridized carbons (Fsp3) is 0.500. The van der Waals surface area contributed by atoms with Crippen LogP contribution >= 0.6 is 15.9 Å². The predicted molar refractivity (Wildman–Crippen MR) is 61.2 cm³/mol. The number of aromatic nitrogens is 1. The van der Waals surface area contributed by atoms with Gasteiger partial charge in [-0.2, -0.15) is 0 Å². The summed E-state index contributed by atoms with van der Waals surface area (Å²) in [6, 6.07) is 1.40. The summed E-state index contributed by atoms with van der Waals surface area (Å²) in [6.45, 7) is 0.518. The van der Waals surface area contributed by atoms with Gasteiger partial charge in [-0.1, -0.05) is 0 Å². The number of hydrogen-bond acceptors (Lipinski definition) is 3. The monoisotopic (exact) mass is 273 g/mol. The average molecular weight is 274 g/mol. The van der Waals surface area contributed by atoms with Gasteiger partial charge in [-0.25, -0.2) is 9.37 Å². The van der Waals surface area contributed by atoms with Crippen molar-refractivity contribution in [2.24, 2.45) is 5.73 Å². The smallest absolute Gasteiger partial charge is 0.166 e. The molecule has 0 saturated heterocycles. The van der Waals surface area contributed by atoms with E-state index in [-0.39, 0.29) is 11.4 Å². The molecule has 5 heteroatoms. The number of hydrogen-bond donors (Lipinski definition) is 2. The first kappa shape index (κ1) is 10.8. The molecule has 0 atom stereocenters. The molecule has 1 aromatic rings. The van der Waals surface area contributed by atoms with Crippen LogP contribution in [0.2, 0.25) is 0 Å². The molecule has 3 N–H and O–H groups in total. The molecule has 1 heterocycles. The highest BCUT2D eigenvalue weighted by Gasteiger charge is 2.36. The topological polar surface area (TPSA) is 50.9 Å². The highest BCUT2D eigenvalue weighted by Crippen LogP contribution is 2.34. The fourth-order valence-electron chi connectivity index (χ4n) is 1.74. The maximum absolute atomic E-state index is 13.5. The highest BCUT2D eigenvalue weighted by atomic mass is 79.9. The Hall–Kier alpha value is -0.680. The first-order valence-corrected chi connectivity index (χ1v) is 5.74. The average Bonchev–Trinajstić information content (AvgIpc) is 2.14. The van der Waals surface area contributed by atoms with E-state index in [4.69, 9.17) is 5.73 Å². The number of anilines is 1. The largest absolute Gasteiger partial charge is 0.361 e. The van der Waals surface area contributed by atoms with Crippen molar-refractivity contribution in [2.75, 3.05) is 11.9 Å². The van der Waals surface area contributed by atoms with Crippen LogP contribution in [0.15, 0.2) is 16.7 Å². The molecule has 0 unspecified atom stereocenters. The van der Waals surface area contributed by atoms with E-state index in [1.54, 1.807) is 6.20 Å². The van der Waals surface area contributed by atoms with Gasteiger partial charge in [-0.3, -0.25) is 0 Å². The van der Waals surface area contributed by atoms with E-state index in [2.05, 4.69) is 26.2 Å². The molecule has 1 aliphatic rings. The van der Waals surface area contributed by atoms with Gasteiger partial charge in [-0.15, -0.1) is 0 Å². The van der Waals surface area contributed by atoms with Crippen molar-refractivity contribution in [1.29, 1.82) is 0 Å². The van der Waals surface area contributed by atoms with E-state index in [0.29, 0.717) is 16.8 Å². The molecule has 0 spiro atoms. The zero-order valence-corrected chi connectivity index (χ0v) is 9.85. The lowest BCUT2D eigenvalue weighted by Crippen LogP contribution is -2.51. The van der Waals surface area contributed by atoms with Crippen LogP contribution in [0.5, 0.6) is 0 Å². The molecule has 3 nitrogen and oxygen atoms in total. The van der Waals surface area contributed by atoms with Crippen LogP contribution in [0.1, 0.15) is 19.3 Å². The maximum atomic E-state index is 13.5. The molecule has 0 aliphatic heterocycles. The van der Waals surface area contributed by atoms with Crippen LogP contribution < -0.4 is 11.1 Å². The Bertz CT molecular complexity index is 360. The van der Waals surface area contributed by atoms with Crippen molar-refractivity contribution in [1.82, 2.24) is 4.98 Å². The van der Waals surface area contributed by atoms with Crippen molar-refractivity contribution < 1.29 is 4.39 Å². The minimum absolute atomic E-state index is 0.137. The zero-order chi connectivity index (χ0) is 10.9. The summed E-state index contributed by atoms with van der Waals surface area (Å²) in [5.41, 5.74) is 5.54. The van der Waals surface area contributed by atoms with Crippen molar-refractivity contribution in [3.63, 3.8) is 0 Å². The zero-order valence-electron chi connectivity index (χ0n) is 8.26. The summed E-state index contributed by atoms with van der Waals surface area (Å²) in [6.07, 6.45) is 4.69.